The summed E-state index contributed by atoms with van der Waals surface area (Å²) in [6, 6.07) is 9.08. The van der Waals surface area contributed by atoms with Crippen LogP contribution in [0, 0.1) is 0 Å². The third-order valence-corrected chi connectivity index (χ3v) is 5.88. The van der Waals surface area contributed by atoms with E-state index in [1.165, 1.54) is 4.68 Å². The van der Waals surface area contributed by atoms with Gasteiger partial charge < -0.3 is 4.74 Å². The van der Waals surface area contributed by atoms with E-state index in [0.29, 0.717) is 34.1 Å². The maximum Gasteiger partial charge on any atom is 0.282 e. The lowest BCUT2D eigenvalue weighted by molar-refractivity contribution is 0.338. The second kappa shape index (κ2) is 9.41. The van der Waals surface area contributed by atoms with Crippen LogP contribution in [0.4, 0.5) is 0 Å². The van der Waals surface area contributed by atoms with Gasteiger partial charge in [-0.05, 0) is 65.2 Å². The zero-order valence-corrected chi connectivity index (χ0v) is 20.2. The van der Waals surface area contributed by atoms with E-state index < -0.39 is 0 Å². The Balaban J connectivity index is 2.13. The summed E-state index contributed by atoms with van der Waals surface area (Å²) in [5, 5.41) is 5.44. The molecule has 0 bridgehead atoms. The number of ether oxygens (including phenoxy) is 1. The van der Waals surface area contributed by atoms with Gasteiger partial charge in [0, 0.05) is 10.4 Å². The van der Waals surface area contributed by atoms with E-state index in [-0.39, 0.29) is 11.5 Å². The van der Waals surface area contributed by atoms with Crippen LogP contribution >= 0.6 is 43.5 Å². The highest BCUT2D eigenvalue weighted by Crippen LogP contribution is 2.34. The first-order valence-corrected chi connectivity index (χ1v) is 11.2. The van der Waals surface area contributed by atoms with Crippen molar-refractivity contribution in [2.75, 3.05) is 6.61 Å². The van der Waals surface area contributed by atoms with Crippen LogP contribution in [0.5, 0.6) is 5.75 Å². The Morgan fingerprint density at radius 1 is 1.28 bits per heavy atom. The molecule has 3 aromatic rings. The van der Waals surface area contributed by atoms with Crippen LogP contribution in [0.25, 0.3) is 10.9 Å². The van der Waals surface area contributed by atoms with E-state index >= 15 is 0 Å². The molecule has 0 saturated carbocycles. The number of hydrogen-bond acceptors (Lipinski definition) is 4. The minimum Gasteiger partial charge on any atom is -0.491 e. The first-order chi connectivity index (χ1) is 13.8. The molecule has 2 aromatic carbocycles. The molecule has 0 fully saturated rings. The fourth-order valence-corrected chi connectivity index (χ4v) is 4.19. The third-order valence-electron chi connectivity index (χ3n) is 4.52. The molecule has 0 spiro atoms. The Bertz CT molecular complexity index is 1120. The molecular formula is C21H20Br2ClN3O2. The number of halogens is 3. The molecule has 0 unspecified atom stereocenters. The number of hydrogen-bond donors (Lipinski definition) is 0. The van der Waals surface area contributed by atoms with Crippen LogP contribution < -0.4 is 10.3 Å². The van der Waals surface area contributed by atoms with E-state index in [4.69, 9.17) is 21.3 Å². The highest BCUT2D eigenvalue weighted by atomic mass is 79.9. The second-order valence-electron chi connectivity index (χ2n) is 6.55. The Labute approximate surface area is 191 Å². The monoisotopic (exact) mass is 539 g/mol. The Morgan fingerprint density at radius 3 is 2.69 bits per heavy atom. The van der Waals surface area contributed by atoms with Crippen LogP contribution in [0.1, 0.15) is 44.5 Å². The predicted octanol–water partition coefficient (Wildman–Crippen LogP) is 6.37. The van der Waals surface area contributed by atoms with Gasteiger partial charge in [0.15, 0.2) is 5.75 Å². The molecule has 0 aliphatic heterocycles. The standard InChI is InChI=1S/C21H20Br2ClN3O2/c1-4-12(3)20-26-18-7-6-14(22)10-15(18)21(28)27(20)25-11-13-8-16(23)19(29-5-2)17(24)9-13/h6-12H,4-5H2,1-3H3/t12-/m0/s1. The van der Waals surface area contributed by atoms with Crippen molar-refractivity contribution in [3.05, 3.63) is 66.0 Å². The van der Waals surface area contributed by atoms with E-state index in [1.54, 1.807) is 18.3 Å². The largest absolute Gasteiger partial charge is 0.491 e. The predicted molar refractivity (Wildman–Crippen MR) is 126 cm³/mol. The highest BCUT2D eigenvalue weighted by molar-refractivity contribution is 9.10. The van der Waals surface area contributed by atoms with Crippen molar-refractivity contribution in [1.29, 1.82) is 0 Å². The lowest BCUT2D eigenvalue weighted by atomic mass is 10.1. The molecule has 0 aliphatic carbocycles. The molecule has 1 aromatic heterocycles. The van der Waals surface area contributed by atoms with E-state index in [1.807, 2.05) is 32.0 Å². The molecule has 0 N–H and O–H groups in total. The van der Waals surface area contributed by atoms with Gasteiger partial charge in [-0.1, -0.05) is 41.4 Å². The highest BCUT2D eigenvalue weighted by Gasteiger charge is 2.16. The number of nitrogens with zero attached hydrogens (tertiary/aromatic N) is 3. The fourth-order valence-electron chi connectivity index (χ4n) is 2.84. The number of fused-ring (bicyclic) bond motifs is 1. The Kier molecular flexibility index (Phi) is 7.14. The Morgan fingerprint density at radius 2 is 2.03 bits per heavy atom. The van der Waals surface area contributed by atoms with Crippen molar-refractivity contribution < 1.29 is 4.74 Å². The van der Waals surface area contributed by atoms with Crippen LogP contribution in [0.15, 0.2) is 49.2 Å². The number of rotatable bonds is 6. The maximum atomic E-state index is 13.1. The van der Waals surface area contributed by atoms with Gasteiger partial charge in [0.25, 0.3) is 5.56 Å². The van der Waals surface area contributed by atoms with Crippen molar-refractivity contribution >= 4 is 60.6 Å². The zero-order chi connectivity index (χ0) is 21.1. The second-order valence-corrected chi connectivity index (χ2v) is 8.73. The quantitative estimate of drug-likeness (QED) is 0.341. The van der Waals surface area contributed by atoms with Crippen LogP contribution in [-0.2, 0) is 0 Å². The van der Waals surface area contributed by atoms with E-state index in [9.17, 15) is 4.79 Å². The lowest BCUT2D eigenvalue weighted by Gasteiger charge is -2.14. The topological polar surface area (TPSA) is 56.5 Å². The molecule has 8 heteroatoms. The minimum atomic E-state index is -0.209. The van der Waals surface area contributed by atoms with Crippen molar-refractivity contribution in [3.8, 4) is 5.75 Å². The molecule has 0 aliphatic rings. The average Bonchev–Trinajstić information content (AvgIpc) is 2.69. The summed E-state index contributed by atoms with van der Waals surface area (Å²) in [6.07, 6.45) is 2.44. The summed E-state index contributed by atoms with van der Waals surface area (Å²) < 4.78 is 8.45. The molecular weight excluding hydrogens is 522 g/mol. The van der Waals surface area contributed by atoms with Crippen molar-refractivity contribution in [3.63, 3.8) is 0 Å². The third kappa shape index (κ3) is 4.73. The molecule has 1 heterocycles. The van der Waals surface area contributed by atoms with Gasteiger partial charge in [0.05, 0.1) is 33.2 Å². The van der Waals surface area contributed by atoms with Crippen LogP contribution in [0.2, 0.25) is 5.02 Å². The maximum absolute atomic E-state index is 13.1. The fraction of sp³-hybridized carbons (Fsp3) is 0.286. The van der Waals surface area contributed by atoms with Gasteiger partial charge >= 0.3 is 0 Å². The zero-order valence-electron chi connectivity index (χ0n) is 16.2. The van der Waals surface area contributed by atoms with Gasteiger partial charge in [-0.2, -0.15) is 9.78 Å². The van der Waals surface area contributed by atoms with Gasteiger partial charge in [-0.25, -0.2) is 4.98 Å². The first-order valence-electron chi connectivity index (χ1n) is 9.24. The van der Waals surface area contributed by atoms with E-state index in [2.05, 4.69) is 43.9 Å². The van der Waals surface area contributed by atoms with Gasteiger partial charge in [-0.15, -0.1) is 0 Å². The van der Waals surface area contributed by atoms with Crippen molar-refractivity contribution in [2.45, 2.75) is 33.1 Å². The van der Waals surface area contributed by atoms with Crippen molar-refractivity contribution in [1.82, 2.24) is 9.66 Å². The number of aromatic nitrogens is 2. The smallest absolute Gasteiger partial charge is 0.282 e. The molecule has 29 heavy (non-hydrogen) atoms. The normalized spacial score (nSPS) is 12.6. The molecule has 5 nitrogen and oxygen atoms in total. The molecule has 3 rings (SSSR count). The summed E-state index contributed by atoms with van der Waals surface area (Å²) in [5.41, 5.74) is 1.19. The summed E-state index contributed by atoms with van der Waals surface area (Å²) in [6.45, 7) is 6.49. The van der Waals surface area contributed by atoms with Crippen molar-refractivity contribution in [2.24, 2.45) is 5.10 Å². The van der Waals surface area contributed by atoms with Crippen LogP contribution in [0.3, 0.4) is 0 Å². The Hall–Kier alpha value is -1.70. The average molecular weight is 542 g/mol. The summed E-state index contributed by atoms with van der Waals surface area (Å²) >= 11 is 13.2. The molecule has 152 valence electrons. The number of benzene rings is 2. The summed E-state index contributed by atoms with van der Waals surface area (Å²) in [7, 11) is 0. The lowest BCUT2D eigenvalue weighted by Crippen LogP contribution is -2.23. The molecule has 0 amide bonds. The first kappa shape index (κ1) is 22.0. The summed E-state index contributed by atoms with van der Waals surface area (Å²) in [4.78, 5) is 17.9. The van der Waals surface area contributed by atoms with E-state index in [0.717, 1.165) is 20.9 Å². The molecule has 0 radical (unpaired) electrons. The minimum absolute atomic E-state index is 0.0727. The van der Waals surface area contributed by atoms with Crippen LogP contribution in [-0.4, -0.2) is 22.5 Å². The SMILES string of the molecule is CCOc1c(Cl)cc(C=Nn2c([C@@H](C)CC)nc3ccc(Br)cc3c2=O)cc1Br. The molecule has 1 atom stereocenters. The molecule has 0 saturated heterocycles. The van der Waals surface area contributed by atoms with Gasteiger partial charge in [0.1, 0.15) is 5.82 Å². The summed E-state index contributed by atoms with van der Waals surface area (Å²) in [5.74, 6) is 1.28. The van der Waals surface area contributed by atoms with Gasteiger partial charge in [0.2, 0.25) is 0 Å². The van der Waals surface area contributed by atoms with Gasteiger partial charge in [-0.3, -0.25) is 4.79 Å².